The number of nitrogens with zero attached hydrogens (tertiary/aromatic N) is 3. The van der Waals surface area contributed by atoms with E-state index in [-0.39, 0.29) is 12.5 Å². The molecule has 1 N–H and O–H groups in total. The summed E-state index contributed by atoms with van der Waals surface area (Å²) in [6.45, 7) is 4.39. The lowest BCUT2D eigenvalue weighted by Gasteiger charge is -2.09. The van der Waals surface area contributed by atoms with Gasteiger partial charge in [0.2, 0.25) is 5.91 Å². The summed E-state index contributed by atoms with van der Waals surface area (Å²) >= 11 is 1.58. The summed E-state index contributed by atoms with van der Waals surface area (Å²) in [5.41, 5.74) is 3.88. The number of hydrogen-bond acceptors (Lipinski definition) is 4. The molecule has 1 amide bonds. The number of amides is 1. The van der Waals surface area contributed by atoms with Crippen molar-refractivity contribution in [3.8, 4) is 10.7 Å². The summed E-state index contributed by atoms with van der Waals surface area (Å²) in [4.78, 5) is 21.2. The fourth-order valence-corrected chi connectivity index (χ4v) is 3.31. The Morgan fingerprint density at radius 1 is 1.25 bits per heavy atom. The summed E-state index contributed by atoms with van der Waals surface area (Å²) < 4.78 is 1.78. The molecule has 0 atom stereocenters. The van der Waals surface area contributed by atoms with Crippen LogP contribution in [0.2, 0.25) is 0 Å². The Bertz CT molecular complexity index is 837. The van der Waals surface area contributed by atoms with Crippen molar-refractivity contribution < 1.29 is 4.79 Å². The SMILES string of the molecule is CCc1csc(-c2cn(CC(=O)Nc3ccccc3CC)cn2)n1. The molecule has 0 bridgehead atoms. The number of para-hydroxylation sites is 1. The highest BCUT2D eigenvalue weighted by Gasteiger charge is 2.10. The molecule has 2 aromatic heterocycles. The van der Waals surface area contributed by atoms with Crippen molar-refractivity contribution in [2.45, 2.75) is 33.2 Å². The molecule has 0 saturated heterocycles. The van der Waals surface area contributed by atoms with Crippen LogP contribution in [0.15, 0.2) is 42.2 Å². The zero-order valence-electron chi connectivity index (χ0n) is 13.8. The second-order valence-electron chi connectivity index (χ2n) is 5.49. The van der Waals surface area contributed by atoms with Gasteiger partial charge in [0.1, 0.15) is 17.2 Å². The van der Waals surface area contributed by atoms with Gasteiger partial charge in [-0.2, -0.15) is 0 Å². The number of nitrogens with one attached hydrogen (secondary N) is 1. The first-order valence-electron chi connectivity index (χ1n) is 8.04. The van der Waals surface area contributed by atoms with Gasteiger partial charge in [-0.25, -0.2) is 9.97 Å². The molecule has 24 heavy (non-hydrogen) atoms. The smallest absolute Gasteiger partial charge is 0.244 e. The van der Waals surface area contributed by atoms with Crippen LogP contribution in [-0.2, 0) is 24.2 Å². The summed E-state index contributed by atoms with van der Waals surface area (Å²) in [7, 11) is 0. The molecule has 0 saturated carbocycles. The molecule has 0 aliphatic rings. The van der Waals surface area contributed by atoms with Crippen LogP contribution in [-0.4, -0.2) is 20.4 Å². The van der Waals surface area contributed by atoms with Crippen LogP contribution < -0.4 is 5.32 Å². The first-order chi connectivity index (χ1) is 11.7. The number of carbonyl (C=O) groups excluding carboxylic acids is 1. The van der Waals surface area contributed by atoms with Crippen molar-refractivity contribution in [3.05, 3.63) is 53.4 Å². The number of aryl methyl sites for hydroxylation is 2. The van der Waals surface area contributed by atoms with Gasteiger partial charge in [-0.15, -0.1) is 11.3 Å². The zero-order valence-corrected chi connectivity index (χ0v) is 14.6. The maximum absolute atomic E-state index is 12.3. The number of rotatable bonds is 6. The molecule has 5 nitrogen and oxygen atoms in total. The molecule has 0 aliphatic heterocycles. The maximum atomic E-state index is 12.3. The van der Waals surface area contributed by atoms with Gasteiger partial charge in [-0.1, -0.05) is 32.0 Å². The first kappa shape index (κ1) is 16.4. The van der Waals surface area contributed by atoms with Crippen LogP contribution in [0.5, 0.6) is 0 Å². The van der Waals surface area contributed by atoms with Crippen molar-refractivity contribution in [1.29, 1.82) is 0 Å². The molecular weight excluding hydrogens is 320 g/mol. The number of hydrogen-bond donors (Lipinski definition) is 1. The van der Waals surface area contributed by atoms with E-state index < -0.39 is 0 Å². The van der Waals surface area contributed by atoms with E-state index in [0.717, 1.165) is 40.5 Å². The van der Waals surface area contributed by atoms with Gasteiger partial charge >= 0.3 is 0 Å². The number of carbonyl (C=O) groups is 1. The van der Waals surface area contributed by atoms with Crippen LogP contribution >= 0.6 is 11.3 Å². The normalized spacial score (nSPS) is 10.8. The molecule has 124 valence electrons. The topological polar surface area (TPSA) is 59.8 Å². The van der Waals surface area contributed by atoms with E-state index in [1.807, 2.05) is 35.8 Å². The van der Waals surface area contributed by atoms with Crippen LogP contribution in [0.4, 0.5) is 5.69 Å². The minimum Gasteiger partial charge on any atom is -0.327 e. The van der Waals surface area contributed by atoms with E-state index in [2.05, 4.69) is 29.1 Å². The van der Waals surface area contributed by atoms with Gasteiger partial charge in [0.05, 0.1) is 12.0 Å². The number of thiazole rings is 1. The Hall–Kier alpha value is -2.47. The number of aromatic nitrogens is 3. The van der Waals surface area contributed by atoms with Crippen molar-refractivity contribution in [1.82, 2.24) is 14.5 Å². The van der Waals surface area contributed by atoms with E-state index in [1.54, 1.807) is 22.2 Å². The standard InChI is InChI=1S/C18H20N4OS/c1-3-13-7-5-6-8-15(13)21-17(23)10-22-9-16(19-12-22)18-20-14(4-2)11-24-18/h5-9,11-12H,3-4,10H2,1-2H3,(H,21,23). The lowest BCUT2D eigenvalue weighted by Crippen LogP contribution is -2.18. The predicted molar refractivity (Wildman–Crippen MR) is 97.2 cm³/mol. The van der Waals surface area contributed by atoms with E-state index in [4.69, 9.17) is 0 Å². The molecule has 3 rings (SSSR count). The number of imidazole rings is 1. The van der Waals surface area contributed by atoms with E-state index in [0.29, 0.717) is 0 Å². The quantitative estimate of drug-likeness (QED) is 0.743. The Morgan fingerprint density at radius 3 is 2.83 bits per heavy atom. The summed E-state index contributed by atoms with van der Waals surface area (Å²) in [5.74, 6) is -0.0618. The number of anilines is 1. The minimum atomic E-state index is -0.0618. The van der Waals surface area contributed by atoms with Crippen molar-refractivity contribution in [2.24, 2.45) is 0 Å². The molecule has 0 radical (unpaired) electrons. The highest BCUT2D eigenvalue weighted by atomic mass is 32.1. The van der Waals surface area contributed by atoms with Gasteiger partial charge in [0.25, 0.3) is 0 Å². The van der Waals surface area contributed by atoms with Gasteiger partial charge in [0, 0.05) is 17.3 Å². The Labute approximate surface area is 145 Å². The molecule has 0 aliphatic carbocycles. The second kappa shape index (κ2) is 7.40. The second-order valence-corrected chi connectivity index (χ2v) is 6.35. The maximum Gasteiger partial charge on any atom is 0.244 e. The lowest BCUT2D eigenvalue weighted by molar-refractivity contribution is -0.116. The van der Waals surface area contributed by atoms with Gasteiger partial charge < -0.3 is 9.88 Å². The van der Waals surface area contributed by atoms with Crippen LogP contribution in [0.3, 0.4) is 0 Å². The third-order valence-corrected chi connectivity index (χ3v) is 4.68. The highest BCUT2D eigenvalue weighted by molar-refractivity contribution is 7.13. The molecule has 2 heterocycles. The Morgan fingerprint density at radius 2 is 2.08 bits per heavy atom. The third kappa shape index (κ3) is 3.71. The minimum absolute atomic E-state index is 0.0618. The van der Waals surface area contributed by atoms with E-state index in [9.17, 15) is 4.79 Å². The summed E-state index contributed by atoms with van der Waals surface area (Å²) in [5, 5.41) is 5.91. The van der Waals surface area contributed by atoms with Gasteiger partial charge in [-0.05, 0) is 24.5 Å². The average Bonchev–Trinajstić information content (AvgIpc) is 3.24. The average molecular weight is 340 g/mol. The predicted octanol–water partition coefficient (Wildman–Crippen LogP) is 3.77. The fourth-order valence-electron chi connectivity index (χ4n) is 2.45. The fraction of sp³-hybridized carbons (Fsp3) is 0.278. The van der Waals surface area contributed by atoms with Crippen molar-refractivity contribution in [3.63, 3.8) is 0 Å². The Kier molecular flexibility index (Phi) is 5.05. The summed E-state index contributed by atoms with van der Waals surface area (Å²) in [6.07, 6.45) is 5.34. The Balaban J connectivity index is 1.67. The molecule has 0 fully saturated rings. The highest BCUT2D eigenvalue weighted by Crippen LogP contribution is 2.22. The molecule has 6 heteroatoms. The first-order valence-corrected chi connectivity index (χ1v) is 8.91. The summed E-state index contributed by atoms with van der Waals surface area (Å²) in [6, 6.07) is 7.86. The van der Waals surface area contributed by atoms with E-state index in [1.165, 1.54) is 0 Å². The molecule has 0 spiro atoms. The molecule has 3 aromatic rings. The molecular formula is C18H20N4OS. The van der Waals surface area contributed by atoms with Crippen LogP contribution in [0.1, 0.15) is 25.1 Å². The largest absolute Gasteiger partial charge is 0.327 e. The monoisotopic (exact) mass is 340 g/mol. The van der Waals surface area contributed by atoms with Crippen LogP contribution in [0.25, 0.3) is 10.7 Å². The zero-order chi connectivity index (χ0) is 16.9. The van der Waals surface area contributed by atoms with Gasteiger partial charge in [-0.3, -0.25) is 4.79 Å². The molecule has 1 aromatic carbocycles. The van der Waals surface area contributed by atoms with Gasteiger partial charge in [0.15, 0.2) is 0 Å². The van der Waals surface area contributed by atoms with E-state index >= 15 is 0 Å². The lowest BCUT2D eigenvalue weighted by atomic mass is 10.1. The number of benzene rings is 1. The van der Waals surface area contributed by atoms with Crippen molar-refractivity contribution in [2.75, 3.05) is 5.32 Å². The van der Waals surface area contributed by atoms with Crippen LogP contribution in [0, 0.1) is 0 Å². The molecule has 0 unspecified atom stereocenters. The van der Waals surface area contributed by atoms with Crippen molar-refractivity contribution >= 4 is 22.9 Å². The third-order valence-electron chi connectivity index (χ3n) is 3.76.